The van der Waals surface area contributed by atoms with E-state index >= 15 is 0 Å². The van der Waals surface area contributed by atoms with Gasteiger partial charge in [-0.2, -0.15) is 0 Å². The summed E-state index contributed by atoms with van der Waals surface area (Å²) < 4.78 is 4.68. The Balaban J connectivity index is 0.00000210. The smallest absolute Gasteiger partial charge is 0.316 e. The molecule has 1 aromatic heterocycles. The number of halogens is 1. The predicted octanol–water partition coefficient (Wildman–Crippen LogP) is 3.95. The van der Waals surface area contributed by atoms with Gasteiger partial charge in [-0.3, -0.25) is 9.59 Å². The van der Waals surface area contributed by atoms with E-state index in [0.29, 0.717) is 11.1 Å². The average Bonchev–Trinajstić information content (AvgIpc) is 3.20. The SMILES string of the molecule is COC(=O)CSc1nc2c(c(=O)[nH]1)C(C1CCCC1)Cc1ccccc1-2.Cl. The molecule has 0 saturated heterocycles. The molecule has 1 heterocycles. The van der Waals surface area contributed by atoms with Gasteiger partial charge >= 0.3 is 5.97 Å². The third-order valence-electron chi connectivity index (χ3n) is 5.54. The number of hydrogen-bond donors (Lipinski definition) is 1. The first-order chi connectivity index (χ1) is 12.7. The van der Waals surface area contributed by atoms with Gasteiger partial charge < -0.3 is 9.72 Å². The first-order valence-corrected chi connectivity index (χ1v) is 10.1. The number of aromatic amines is 1. The van der Waals surface area contributed by atoms with Crippen LogP contribution in [0.1, 0.15) is 42.7 Å². The highest BCUT2D eigenvalue weighted by molar-refractivity contribution is 7.99. The molecule has 1 unspecified atom stereocenters. The van der Waals surface area contributed by atoms with Crippen molar-refractivity contribution in [3.05, 3.63) is 45.7 Å². The molecule has 27 heavy (non-hydrogen) atoms. The second-order valence-corrected chi connectivity index (χ2v) is 7.97. The number of hydrogen-bond acceptors (Lipinski definition) is 5. The molecular formula is C20H23ClN2O3S. The highest BCUT2D eigenvalue weighted by Crippen LogP contribution is 2.45. The summed E-state index contributed by atoms with van der Waals surface area (Å²) in [4.78, 5) is 32.0. The largest absolute Gasteiger partial charge is 0.468 e. The number of rotatable bonds is 4. The maximum absolute atomic E-state index is 13.0. The van der Waals surface area contributed by atoms with E-state index < -0.39 is 0 Å². The van der Waals surface area contributed by atoms with Gasteiger partial charge in [0.1, 0.15) is 0 Å². The van der Waals surface area contributed by atoms with Crippen LogP contribution in [-0.2, 0) is 16.0 Å². The summed E-state index contributed by atoms with van der Waals surface area (Å²) in [5.74, 6) is 0.586. The molecule has 2 aromatic rings. The molecule has 0 radical (unpaired) electrons. The Hall–Kier alpha value is -1.79. The minimum atomic E-state index is -0.334. The van der Waals surface area contributed by atoms with Crippen molar-refractivity contribution in [1.82, 2.24) is 9.97 Å². The second kappa shape index (κ2) is 8.48. The van der Waals surface area contributed by atoms with E-state index in [1.54, 1.807) is 0 Å². The molecule has 1 atom stereocenters. The van der Waals surface area contributed by atoms with Crippen LogP contribution in [0.3, 0.4) is 0 Å². The van der Waals surface area contributed by atoms with Crippen LogP contribution in [0, 0.1) is 5.92 Å². The summed E-state index contributed by atoms with van der Waals surface area (Å²) in [5, 5.41) is 0.473. The van der Waals surface area contributed by atoms with E-state index in [-0.39, 0.29) is 35.6 Å². The maximum Gasteiger partial charge on any atom is 0.316 e. The fraction of sp³-hybridized carbons (Fsp3) is 0.450. The number of carbonyl (C=O) groups excluding carboxylic acids is 1. The Labute approximate surface area is 168 Å². The van der Waals surface area contributed by atoms with Gasteiger partial charge in [-0.15, -0.1) is 12.4 Å². The lowest BCUT2D eigenvalue weighted by molar-refractivity contribution is -0.137. The van der Waals surface area contributed by atoms with Crippen LogP contribution in [0.2, 0.25) is 0 Å². The van der Waals surface area contributed by atoms with Gasteiger partial charge in [0.2, 0.25) is 0 Å². The lowest BCUT2D eigenvalue weighted by Gasteiger charge is -2.30. The molecule has 0 bridgehead atoms. The van der Waals surface area contributed by atoms with Crippen molar-refractivity contribution in [3.8, 4) is 11.3 Å². The maximum atomic E-state index is 13.0. The minimum Gasteiger partial charge on any atom is -0.468 e. The highest BCUT2D eigenvalue weighted by atomic mass is 35.5. The monoisotopic (exact) mass is 406 g/mol. The summed E-state index contributed by atoms with van der Waals surface area (Å²) in [6, 6.07) is 8.23. The molecule has 144 valence electrons. The number of H-pyrrole nitrogens is 1. The van der Waals surface area contributed by atoms with E-state index in [1.165, 1.54) is 50.1 Å². The first-order valence-electron chi connectivity index (χ1n) is 9.09. The first kappa shape index (κ1) is 20.0. The summed E-state index contributed by atoms with van der Waals surface area (Å²) in [6.07, 6.45) is 5.77. The molecular weight excluding hydrogens is 384 g/mol. The molecule has 2 aliphatic carbocycles. The Kier molecular flexibility index (Phi) is 6.27. The number of fused-ring (bicyclic) bond motifs is 3. The van der Waals surface area contributed by atoms with Crippen molar-refractivity contribution in [1.29, 1.82) is 0 Å². The molecule has 1 aromatic carbocycles. The van der Waals surface area contributed by atoms with Gasteiger partial charge in [0.05, 0.1) is 18.6 Å². The van der Waals surface area contributed by atoms with Crippen molar-refractivity contribution in [2.75, 3.05) is 12.9 Å². The molecule has 0 aliphatic heterocycles. The lowest BCUT2D eigenvalue weighted by Crippen LogP contribution is -2.28. The van der Waals surface area contributed by atoms with Gasteiger partial charge in [0.15, 0.2) is 5.16 Å². The van der Waals surface area contributed by atoms with Gasteiger partial charge in [-0.05, 0) is 36.7 Å². The van der Waals surface area contributed by atoms with Crippen LogP contribution >= 0.6 is 24.2 Å². The third kappa shape index (κ3) is 3.92. The number of esters is 1. The molecule has 1 N–H and O–H groups in total. The number of nitrogens with zero attached hydrogens (tertiary/aromatic N) is 1. The number of methoxy groups -OCH3 is 1. The topological polar surface area (TPSA) is 72.0 Å². The van der Waals surface area contributed by atoms with Crippen molar-refractivity contribution in [2.45, 2.75) is 43.2 Å². The number of thioether (sulfide) groups is 1. The molecule has 0 spiro atoms. The van der Waals surface area contributed by atoms with E-state index in [1.807, 2.05) is 12.1 Å². The summed E-state index contributed by atoms with van der Waals surface area (Å²) in [5.41, 5.74) is 3.87. The van der Waals surface area contributed by atoms with E-state index in [0.717, 1.165) is 23.2 Å². The molecule has 1 saturated carbocycles. The van der Waals surface area contributed by atoms with Crippen molar-refractivity contribution >= 4 is 30.1 Å². The Morgan fingerprint density at radius 1 is 1.30 bits per heavy atom. The van der Waals surface area contributed by atoms with E-state index in [9.17, 15) is 9.59 Å². The van der Waals surface area contributed by atoms with Crippen LogP contribution in [0.25, 0.3) is 11.3 Å². The number of nitrogens with one attached hydrogen (secondary N) is 1. The van der Waals surface area contributed by atoms with Gasteiger partial charge in [0.25, 0.3) is 5.56 Å². The summed E-state index contributed by atoms with van der Waals surface area (Å²) in [6.45, 7) is 0. The second-order valence-electron chi connectivity index (χ2n) is 7.01. The zero-order valence-electron chi connectivity index (χ0n) is 15.2. The molecule has 5 nitrogen and oxygen atoms in total. The summed E-state index contributed by atoms with van der Waals surface area (Å²) in [7, 11) is 1.36. The number of benzene rings is 1. The summed E-state index contributed by atoms with van der Waals surface area (Å²) >= 11 is 1.21. The van der Waals surface area contributed by atoms with Crippen LogP contribution in [0.15, 0.2) is 34.2 Å². The van der Waals surface area contributed by atoms with Gasteiger partial charge in [0, 0.05) is 11.1 Å². The van der Waals surface area contributed by atoms with Gasteiger partial charge in [-0.1, -0.05) is 48.9 Å². The standard InChI is InChI=1S/C20H22N2O3S.ClH/c1-25-16(23)11-26-20-21-18-14-9-5-4-8-13(14)10-15(12-6-2-3-7-12)17(18)19(24)22-20;/h4-5,8-9,12,15H,2-3,6-7,10-11H2,1H3,(H,21,22,24);1H. The molecule has 2 aliphatic rings. The normalized spacial score (nSPS) is 18.3. The Bertz CT molecular complexity index is 893. The van der Waals surface area contributed by atoms with Crippen LogP contribution in [0.5, 0.6) is 0 Å². The van der Waals surface area contributed by atoms with E-state index in [2.05, 4.69) is 21.9 Å². The predicted molar refractivity (Wildman–Crippen MR) is 109 cm³/mol. The van der Waals surface area contributed by atoms with E-state index in [4.69, 9.17) is 4.98 Å². The highest BCUT2D eigenvalue weighted by Gasteiger charge is 2.35. The average molecular weight is 407 g/mol. The minimum absolute atomic E-state index is 0. The Morgan fingerprint density at radius 2 is 2.04 bits per heavy atom. The molecule has 1 fully saturated rings. The fourth-order valence-corrected chi connectivity index (χ4v) is 4.99. The third-order valence-corrected chi connectivity index (χ3v) is 6.39. The molecule has 4 rings (SSSR count). The zero-order chi connectivity index (χ0) is 18.1. The molecule has 0 amide bonds. The van der Waals surface area contributed by atoms with Gasteiger partial charge in [-0.25, -0.2) is 4.98 Å². The number of carbonyl (C=O) groups is 1. The molecule has 7 heteroatoms. The lowest BCUT2D eigenvalue weighted by atomic mass is 9.74. The number of aromatic nitrogens is 2. The fourth-order valence-electron chi connectivity index (χ4n) is 4.30. The van der Waals surface area contributed by atoms with Crippen LogP contribution < -0.4 is 5.56 Å². The zero-order valence-corrected chi connectivity index (χ0v) is 16.8. The number of ether oxygens (including phenoxy) is 1. The van der Waals surface area contributed by atoms with Crippen LogP contribution in [0.4, 0.5) is 0 Å². The van der Waals surface area contributed by atoms with Crippen LogP contribution in [-0.4, -0.2) is 28.8 Å². The van der Waals surface area contributed by atoms with Crippen molar-refractivity contribution in [2.24, 2.45) is 5.92 Å². The van der Waals surface area contributed by atoms with Crippen molar-refractivity contribution in [3.63, 3.8) is 0 Å². The quantitative estimate of drug-likeness (QED) is 0.472. The Morgan fingerprint density at radius 3 is 2.78 bits per heavy atom. The van der Waals surface area contributed by atoms with Crippen molar-refractivity contribution < 1.29 is 9.53 Å².